The zero-order valence-corrected chi connectivity index (χ0v) is 10.2. The van der Waals surface area contributed by atoms with E-state index in [0.29, 0.717) is 18.2 Å². The second kappa shape index (κ2) is 5.46. The summed E-state index contributed by atoms with van der Waals surface area (Å²) in [6.07, 6.45) is 3.15. The van der Waals surface area contributed by atoms with E-state index in [1.165, 1.54) is 6.26 Å². The lowest BCUT2D eigenvalue weighted by molar-refractivity contribution is 0.0660. The van der Waals surface area contributed by atoms with Gasteiger partial charge in [-0.3, -0.25) is 4.21 Å². The van der Waals surface area contributed by atoms with Crippen molar-refractivity contribution in [3.05, 3.63) is 23.7 Å². The van der Waals surface area contributed by atoms with Crippen molar-refractivity contribution < 1.29 is 18.5 Å². The lowest BCUT2D eigenvalue weighted by Crippen LogP contribution is -2.35. The summed E-state index contributed by atoms with van der Waals surface area (Å²) in [5, 5.41) is 12.1. The molecule has 0 aromatic carbocycles. The number of nitrogens with one attached hydrogen (secondary N) is 1. The summed E-state index contributed by atoms with van der Waals surface area (Å²) in [5.74, 6) is 0.414. The van der Waals surface area contributed by atoms with E-state index in [4.69, 9.17) is 9.52 Å². The van der Waals surface area contributed by atoms with Crippen molar-refractivity contribution >= 4 is 16.8 Å². The van der Waals surface area contributed by atoms with Gasteiger partial charge >= 0.3 is 5.97 Å². The third-order valence-electron chi connectivity index (χ3n) is 2.91. The van der Waals surface area contributed by atoms with Gasteiger partial charge in [-0.1, -0.05) is 0 Å². The van der Waals surface area contributed by atoms with Crippen LogP contribution in [0.5, 0.6) is 0 Å². The second-order valence-corrected chi connectivity index (χ2v) is 5.78. The van der Waals surface area contributed by atoms with Gasteiger partial charge in [0.25, 0.3) is 0 Å². The molecule has 2 N–H and O–H groups in total. The van der Waals surface area contributed by atoms with Crippen LogP contribution in [0.1, 0.15) is 29.0 Å². The summed E-state index contributed by atoms with van der Waals surface area (Å²) >= 11 is 0. The van der Waals surface area contributed by atoms with Gasteiger partial charge in [0.2, 0.25) is 5.76 Å². The first-order valence-corrected chi connectivity index (χ1v) is 7.03. The van der Waals surface area contributed by atoms with Crippen molar-refractivity contribution in [3.63, 3.8) is 0 Å². The van der Waals surface area contributed by atoms with E-state index in [0.717, 1.165) is 24.3 Å². The molecule has 0 spiro atoms. The fourth-order valence-electron chi connectivity index (χ4n) is 1.91. The van der Waals surface area contributed by atoms with Gasteiger partial charge in [0, 0.05) is 40.5 Å². The van der Waals surface area contributed by atoms with Crippen LogP contribution in [0.15, 0.2) is 16.7 Å². The first kappa shape index (κ1) is 12.3. The molecule has 94 valence electrons. The topological polar surface area (TPSA) is 79.5 Å². The van der Waals surface area contributed by atoms with E-state index in [1.807, 2.05) is 0 Å². The Hall–Kier alpha value is -1.14. The maximum Gasteiger partial charge on any atom is 0.372 e. The Morgan fingerprint density at radius 2 is 2.24 bits per heavy atom. The highest BCUT2D eigenvalue weighted by Gasteiger charge is 2.19. The molecule has 1 aromatic heterocycles. The Balaban J connectivity index is 1.87. The van der Waals surface area contributed by atoms with Gasteiger partial charge < -0.3 is 14.8 Å². The molecule has 0 amide bonds. The van der Waals surface area contributed by atoms with Crippen molar-refractivity contribution in [2.75, 3.05) is 11.5 Å². The summed E-state index contributed by atoms with van der Waals surface area (Å²) in [6.45, 7) is 0.482. The van der Waals surface area contributed by atoms with Gasteiger partial charge in [0.1, 0.15) is 0 Å². The van der Waals surface area contributed by atoms with E-state index in [9.17, 15) is 9.00 Å². The molecule has 0 atom stereocenters. The van der Waals surface area contributed by atoms with E-state index < -0.39 is 16.8 Å². The predicted molar refractivity (Wildman–Crippen MR) is 63.4 cm³/mol. The second-order valence-electron chi connectivity index (χ2n) is 4.08. The van der Waals surface area contributed by atoms with Gasteiger partial charge in [0.05, 0.1) is 6.26 Å². The zero-order valence-electron chi connectivity index (χ0n) is 9.35. The molecule has 5 nitrogen and oxygen atoms in total. The van der Waals surface area contributed by atoms with Crippen LogP contribution in [0, 0.1) is 0 Å². The fourth-order valence-corrected chi connectivity index (χ4v) is 3.21. The number of aromatic carboxylic acids is 1. The molecule has 0 radical (unpaired) electrons. The first-order chi connectivity index (χ1) is 8.16. The third-order valence-corrected chi connectivity index (χ3v) is 4.29. The average Bonchev–Trinajstić information content (AvgIpc) is 2.76. The highest BCUT2D eigenvalue weighted by Crippen LogP contribution is 2.13. The summed E-state index contributed by atoms with van der Waals surface area (Å²) in [4.78, 5) is 10.8. The highest BCUT2D eigenvalue weighted by atomic mass is 32.2. The van der Waals surface area contributed by atoms with E-state index in [1.54, 1.807) is 6.07 Å². The Morgan fingerprint density at radius 3 is 2.88 bits per heavy atom. The van der Waals surface area contributed by atoms with Crippen LogP contribution >= 0.6 is 0 Å². The van der Waals surface area contributed by atoms with Gasteiger partial charge in [-0.2, -0.15) is 0 Å². The number of hydrogen-bond donors (Lipinski definition) is 2. The lowest BCUT2D eigenvalue weighted by atomic mass is 10.1. The molecule has 6 heteroatoms. The fraction of sp³-hybridized carbons (Fsp3) is 0.545. The maximum atomic E-state index is 11.2. The van der Waals surface area contributed by atoms with E-state index in [-0.39, 0.29) is 5.76 Å². The minimum Gasteiger partial charge on any atom is -0.475 e. The summed E-state index contributed by atoms with van der Waals surface area (Å²) < 4.78 is 16.1. The minimum absolute atomic E-state index is 0.00288. The average molecular weight is 257 g/mol. The summed E-state index contributed by atoms with van der Waals surface area (Å²) in [7, 11) is -0.666. The van der Waals surface area contributed by atoms with E-state index in [2.05, 4.69) is 5.32 Å². The van der Waals surface area contributed by atoms with Gasteiger partial charge in [0.15, 0.2) is 0 Å². The number of carboxylic acid groups (broad SMARTS) is 1. The van der Waals surface area contributed by atoms with Crippen molar-refractivity contribution in [2.45, 2.75) is 25.4 Å². The van der Waals surface area contributed by atoms with Crippen LogP contribution in [-0.2, 0) is 17.3 Å². The van der Waals surface area contributed by atoms with Crippen molar-refractivity contribution in [1.82, 2.24) is 5.32 Å². The molecule has 0 saturated carbocycles. The number of carbonyl (C=O) groups is 1. The van der Waals surface area contributed by atoms with Crippen LogP contribution in [0.25, 0.3) is 0 Å². The van der Waals surface area contributed by atoms with Gasteiger partial charge in [-0.25, -0.2) is 4.79 Å². The molecule has 2 rings (SSSR count). The highest BCUT2D eigenvalue weighted by molar-refractivity contribution is 7.85. The lowest BCUT2D eigenvalue weighted by Gasteiger charge is -2.22. The molecular weight excluding hydrogens is 242 g/mol. The molecule has 1 aliphatic rings. The number of hydrogen-bond acceptors (Lipinski definition) is 4. The zero-order chi connectivity index (χ0) is 12.3. The molecule has 0 bridgehead atoms. The Kier molecular flexibility index (Phi) is 3.96. The molecule has 2 heterocycles. The van der Waals surface area contributed by atoms with Gasteiger partial charge in [-0.15, -0.1) is 0 Å². The molecule has 1 fully saturated rings. The number of furan rings is 1. The first-order valence-electron chi connectivity index (χ1n) is 5.55. The summed E-state index contributed by atoms with van der Waals surface area (Å²) in [6, 6.07) is 1.99. The van der Waals surface area contributed by atoms with Crippen LogP contribution in [0.3, 0.4) is 0 Å². The van der Waals surface area contributed by atoms with Crippen molar-refractivity contribution in [3.8, 4) is 0 Å². The monoisotopic (exact) mass is 257 g/mol. The summed E-state index contributed by atoms with van der Waals surface area (Å²) in [5.41, 5.74) is 0.657. The largest absolute Gasteiger partial charge is 0.475 e. The molecular formula is C11H15NO4S. The molecule has 17 heavy (non-hydrogen) atoms. The third kappa shape index (κ3) is 3.17. The smallest absolute Gasteiger partial charge is 0.372 e. The standard InChI is InChI=1S/C11H15NO4S/c13-11(14)10-8(1-4-16-10)7-12-9-2-5-17(15)6-3-9/h1,4,9,12H,2-3,5-7H2,(H,13,14). The van der Waals surface area contributed by atoms with Crippen LogP contribution < -0.4 is 5.32 Å². The van der Waals surface area contributed by atoms with Crippen molar-refractivity contribution in [2.24, 2.45) is 0 Å². The minimum atomic E-state index is -1.04. The quantitative estimate of drug-likeness (QED) is 0.840. The van der Waals surface area contributed by atoms with E-state index >= 15 is 0 Å². The van der Waals surface area contributed by atoms with Crippen LogP contribution in [-0.4, -0.2) is 32.8 Å². The Labute approximate surface area is 102 Å². The molecule has 1 saturated heterocycles. The van der Waals surface area contributed by atoms with Crippen LogP contribution in [0.4, 0.5) is 0 Å². The number of carboxylic acids is 1. The molecule has 1 aliphatic heterocycles. The van der Waals surface area contributed by atoms with Crippen LogP contribution in [0.2, 0.25) is 0 Å². The molecule has 0 aliphatic carbocycles. The normalized spacial score (nSPS) is 24.7. The Morgan fingerprint density at radius 1 is 1.53 bits per heavy atom. The SMILES string of the molecule is O=C(O)c1occc1CNC1CCS(=O)CC1. The Bertz CT molecular complexity index is 419. The molecule has 1 aromatic rings. The predicted octanol–water partition coefficient (Wildman–Crippen LogP) is 0.979. The van der Waals surface area contributed by atoms with Crippen molar-refractivity contribution in [1.29, 1.82) is 0 Å². The maximum absolute atomic E-state index is 11.2. The van der Waals surface area contributed by atoms with Gasteiger partial charge in [-0.05, 0) is 18.9 Å². The molecule has 0 unspecified atom stereocenters. The number of rotatable bonds is 4.